The molecule has 1 unspecified atom stereocenters. The van der Waals surface area contributed by atoms with Gasteiger partial charge in [-0.25, -0.2) is 17.5 Å². The first kappa shape index (κ1) is 25.8. The molecular weight excluding hydrogens is 511 g/mol. The molecule has 1 aliphatic heterocycles. The first-order valence-corrected chi connectivity index (χ1v) is 13.0. The lowest BCUT2D eigenvalue weighted by molar-refractivity contribution is -0.120. The van der Waals surface area contributed by atoms with Gasteiger partial charge < -0.3 is 10.1 Å². The minimum Gasteiger partial charge on any atom is -0.462 e. The van der Waals surface area contributed by atoms with Crippen LogP contribution in [0.1, 0.15) is 35.7 Å². The highest BCUT2D eigenvalue weighted by atomic mass is 35.5. The molecule has 1 aliphatic rings. The number of ether oxygens (including phenoxy) is 1. The van der Waals surface area contributed by atoms with Gasteiger partial charge in [0.15, 0.2) is 0 Å². The summed E-state index contributed by atoms with van der Waals surface area (Å²) in [6, 6.07) is 9.32. The number of piperidine rings is 1. The molecule has 0 radical (unpaired) electrons. The molecule has 1 N–H and O–H groups in total. The summed E-state index contributed by atoms with van der Waals surface area (Å²) in [5.41, 5.74) is 0.844. The Kier molecular flexibility index (Phi) is 8.64. The van der Waals surface area contributed by atoms with Crippen molar-refractivity contribution in [3.8, 4) is 0 Å². The van der Waals surface area contributed by atoms with Crippen LogP contribution in [0.3, 0.4) is 0 Å². The van der Waals surface area contributed by atoms with Crippen LogP contribution < -0.4 is 5.32 Å². The summed E-state index contributed by atoms with van der Waals surface area (Å²) in [4.78, 5) is 24.9. The van der Waals surface area contributed by atoms with Crippen LogP contribution in [0.25, 0.3) is 0 Å². The van der Waals surface area contributed by atoms with E-state index in [-0.39, 0.29) is 45.4 Å². The van der Waals surface area contributed by atoms with E-state index < -0.39 is 21.9 Å². The van der Waals surface area contributed by atoms with Crippen molar-refractivity contribution in [2.75, 3.05) is 25.0 Å². The van der Waals surface area contributed by atoms with E-state index in [1.54, 1.807) is 31.2 Å². The quantitative estimate of drug-likeness (QED) is 0.505. The van der Waals surface area contributed by atoms with E-state index in [2.05, 4.69) is 5.32 Å². The number of sulfonamides is 1. The average molecular weight is 534 g/mol. The number of hydrogen-bond acceptors (Lipinski definition) is 5. The summed E-state index contributed by atoms with van der Waals surface area (Å²) in [7, 11) is -3.74. The fraction of sp³-hybridized carbons (Fsp3) is 0.364. The zero-order valence-electron chi connectivity index (χ0n) is 17.8. The van der Waals surface area contributed by atoms with E-state index in [1.807, 2.05) is 0 Å². The van der Waals surface area contributed by atoms with Gasteiger partial charge in [-0.15, -0.1) is 0 Å². The summed E-state index contributed by atoms with van der Waals surface area (Å²) in [6.45, 7) is 2.22. The van der Waals surface area contributed by atoms with Gasteiger partial charge in [0, 0.05) is 34.4 Å². The largest absolute Gasteiger partial charge is 0.462 e. The number of nitrogens with zero attached hydrogens (tertiary/aromatic N) is 1. The number of esters is 1. The Bertz CT molecular complexity index is 1140. The molecule has 0 aliphatic carbocycles. The van der Waals surface area contributed by atoms with E-state index >= 15 is 0 Å². The van der Waals surface area contributed by atoms with Crippen molar-refractivity contribution in [1.82, 2.24) is 4.31 Å². The van der Waals surface area contributed by atoms with Crippen molar-refractivity contribution in [1.29, 1.82) is 0 Å². The van der Waals surface area contributed by atoms with Gasteiger partial charge in [0.2, 0.25) is 15.9 Å². The molecule has 1 amide bonds. The summed E-state index contributed by atoms with van der Waals surface area (Å²) < 4.78 is 32.3. The zero-order chi connectivity index (χ0) is 24.2. The lowest BCUT2D eigenvalue weighted by Crippen LogP contribution is -2.44. The predicted octanol–water partition coefficient (Wildman–Crippen LogP) is 5.00. The second-order valence-electron chi connectivity index (χ2n) is 7.56. The highest BCUT2D eigenvalue weighted by molar-refractivity contribution is 7.88. The van der Waals surface area contributed by atoms with Gasteiger partial charge in [0.1, 0.15) is 0 Å². The number of anilines is 1. The second kappa shape index (κ2) is 11.1. The lowest BCUT2D eigenvalue weighted by atomic mass is 9.98. The van der Waals surface area contributed by atoms with Crippen molar-refractivity contribution in [2.45, 2.75) is 25.5 Å². The maximum atomic E-state index is 13.0. The van der Waals surface area contributed by atoms with Crippen molar-refractivity contribution in [3.63, 3.8) is 0 Å². The number of carbonyl (C=O) groups excluding carboxylic acids is 2. The van der Waals surface area contributed by atoms with E-state index in [4.69, 9.17) is 39.5 Å². The smallest absolute Gasteiger partial charge is 0.339 e. The first-order valence-electron chi connectivity index (χ1n) is 10.3. The van der Waals surface area contributed by atoms with E-state index in [0.29, 0.717) is 30.6 Å². The van der Waals surface area contributed by atoms with E-state index in [1.165, 1.54) is 16.4 Å². The molecule has 33 heavy (non-hydrogen) atoms. The van der Waals surface area contributed by atoms with Crippen LogP contribution >= 0.6 is 34.8 Å². The van der Waals surface area contributed by atoms with Gasteiger partial charge in [0.05, 0.1) is 28.9 Å². The van der Waals surface area contributed by atoms with Crippen LogP contribution in [0.4, 0.5) is 5.69 Å². The van der Waals surface area contributed by atoms with Gasteiger partial charge in [-0.1, -0.05) is 40.9 Å². The maximum Gasteiger partial charge on any atom is 0.339 e. The molecule has 0 spiro atoms. The minimum atomic E-state index is -3.74. The Balaban J connectivity index is 1.71. The Morgan fingerprint density at radius 3 is 2.48 bits per heavy atom. The molecule has 1 saturated heterocycles. The topological polar surface area (TPSA) is 92.8 Å². The maximum absolute atomic E-state index is 13.0. The third kappa shape index (κ3) is 6.39. The number of rotatable bonds is 7. The van der Waals surface area contributed by atoms with Crippen molar-refractivity contribution < 1.29 is 22.7 Å². The number of halogens is 3. The SMILES string of the molecule is CCOC(=O)c1cc(NC(=O)C2CCCN(S(=O)(=O)Cc3c(Cl)cccc3Cl)C2)ccc1Cl. The van der Waals surface area contributed by atoms with Gasteiger partial charge in [-0.2, -0.15) is 0 Å². The Hall–Kier alpha value is -1.84. The van der Waals surface area contributed by atoms with Crippen LogP contribution in [0.15, 0.2) is 36.4 Å². The summed E-state index contributed by atoms with van der Waals surface area (Å²) in [5, 5.41) is 3.51. The molecule has 2 aromatic rings. The Labute approximate surface area is 208 Å². The molecular formula is C22H23Cl3N2O5S. The number of benzene rings is 2. The highest BCUT2D eigenvalue weighted by Gasteiger charge is 2.33. The molecule has 0 aromatic heterocycles. The molecule has 11 heteroatoms. The predicted molar refractivity (Wildman–Crippen MR) is 129 cm³/mol. The molecule has 3 rings (SSSR count). The molecule has 0 saturated carbocycles. The summed E-state index contributed by atoms with van der Waals surface area (Å²) in [5.74, 6) is -1.84. The normalized spacial score (nSPS) is 16.9. The molecule has 0 bridgehead atoms. The van der Waals surface area contributed by atoms with E-state index in [9.17, 15) is 18.0 Å². The third-order valence-corrected chi connectivity index (χ3v) is 8.08. The lowest BCUT2D eigenvalue weighted by Gasteiger charge is -2.31. The van der Waals surface area contributed by atoms with Crippen molar-refractivity contribution in [3.05, 3.63) is 62.6 Å². The fourth-order valence-electron chi connectivity index (χ4n) is 3.57. The van der Waals surface area contributed by atoms with Crippen molar-refractivity contribution in [2.24, 2.45) is 5.92 Å². The van der Waals surface area contributed by atoms with Crippen LogP contribution in [0, 0.1) is 5.92 Å². The molecule has 2 aromatic carbocycles. The molecule has 1 heterocycles. The minimum absolute atomic E-state index is 0.0363. The summed E-state index contributed by atoms with van der Waals surface area (Å²) in [6.07, 6.45) is 1.06. The van der Waals surface area contributed by atoms with Crippen LogP contribution in [-0.4, -0.2) is 44.3 Å². The average Bonchev–Trinajstić information content (AvgIpc) is 2.78. The van der Waals surface area contributed by atoms with E-state index in [0.717, 1.165) is 0 Å². The van der Waals surface area contributed by atoms with Crippen LogP contribution in [0.5, 0.6) is 0 Å². The molecule has 1 atom stereocenters. The molecule has 1 fully saturated rings. The number of amides is 1. The van der Waals surface area contributed by atoms with Gasteiger partial charge in [-0.3, -0.25) is 4.79 Å². The molecule has 178 valence electrons. The number of carbonyl (C=O) groups is 2. The van der Waals surface area contributed by atoms with Crippen molar-refractivity contribution >= 4 is 62.4 Å². The Morgan fingerprint density at radius 1 is 1.12 bits per heavy atom. The number of hydrogen-bond donors (Lipinski definition) is 1. The zero-order valence-corrected chi connectivity index (χ0v) is 20.9. The van der Waals surface area contributed by atoms with Crippen LogP contribution in [0.2, 0.25) is 15.1 Å². The second-order valence-corrected chi connectivity index (χ2v) is 10.7. The third-order valence-electron chi connectivity index (χ3n) is 5.27. The van der Waals surface area contributed by atoms with Gasteiger partial charge >= 0.3 is 5.97 Å². The van der Waals surface area contributed by atoms with Gasteiger partial charge in [0.25, 0.3) is 0 Å². The summed E-state index contributed by atoms with van der Waals surface area (Å²) >= 11 is 18.3. The molecule has 7 nitrogen and oxygen atoms in total. The van der Waals surface area contributed by atoms with Gasteiger partial charge in [-0.05, 0) is 50.1 Å². The standard InChI is InChI=1S/C22H23Cl3N2O5S/c1-2-32-22(29)16-11-15(8-9-20(16)25)26-21(28)14-5-4-10-27(12-14)33(30,31)13-17-18(23)6-3-7-19(17)24/h3,6-9,11,14H,2,4-5,10,12-13H2,1H3,(H,26,28). The highest BCUT2D eigenvalue weighted by Crippen LogP contribution is 2.29. The van der Waals surface area contributed by atoms with Crippen LogP contribution in [-0.2, 0) is 25.3 Å². The fourth-order valence-corrected chi connectivity index (χ4v) is 6.12. The monoisotopic (exact) mass is 532 g/mol. The Morgan fingerprint density at radius 2 is 1.82 bits per heavy atom. The first-order chi connectivity index (χ1) is 15.6. The number of nitrogens with one attached hydrogen (secondary N) is 1.